The van der Waals surface area contributed by atoms with E-state index in [9.17, 15) is 9.59 Å². The second kappa shape index (κ2) is 32.4. The van der Waals surface area contributed by atoms with E-state index in [0.29, 0.717) is 47.3 Å². The molecule has 6 aromatic carbocycles. The lowest BCUT2D eigenvalue weighted by Crippen LogP contribution is -2.30. The largest absolute Gasteiger partial charge is 0.497 e. The van der Waals surface area contributed by atoms with Crippen LogP contribution in [0, 0.1) is 0 Å². The molecule has 0 aliphatic carbocycles. The van der Waals surface area contributed by atoms with Gasteiger partial charge in [0, 0.05) is 24.2 Å². The van der Waals surface area contributed by atoms with Crippen molar-refractivity contribution in [3.63, 3.8) is 0 Å². The van der Waals surface area contributed by atoms with Gasteiger partial charge in [0.2, 0.25) is 5.95 Å². The minimum atomic E-state index is -0.790. The minimum Gasteiger partial charge on any atom is -0.497 e. The number of imidazole rings is 1. The Kier molecular flexibility index (Phi) is 23.8. The van der Waals surface area contributed by atoms with Crippen molar-refractivity contribution in [1.29, 1.82) is 0 Å². The molecular formula is C69H82N6O7. The number of rotatable bonds is 35. The number of esters is 2. The fourth-order valence-corrected chi connectivity index (χ4v) is 10.4. The summed E-state index contributed by atoms with van der Waals surface area (Å²) in [6.45, 7) is 4.15. The summed E-state index contributed by atoms with van der Waals surface area (Å²) in [4.78, 5) is 47.4. The number of methoxy groups -OCH3 is 2. The van der Waals surface area contributed by atoms with Gasteiger partial charge in [0.15, 0.2) is 17.0 Å². The van der Waals surface area contributed by atoms with Crippen molar-refractivity contribution in [2.75, 3.05) is 37.2 Å². The Balaban J connectivity index is 1.24. The molecule has 82 heavy (non-hydrogen) atoms. The van der Waals surface area contributed by atoms with Crippen molar-refractivity contribution in [3.05, 3.63) is 198 Å². The smallest absolute Gasteiger partial charge is 0.305 e. The van der Waals surface area contributed by atoms with Crippen LogP contribution in [0.2, 0.25) is 0 Å². The maximum absolute atomic E-state index is 13.3. The molecule has 2 heterocycles. The first-order valence-electron chi connectivity index (χ1n) is 29.6. The first-order chi connectivity index (χ1) is 40.4. The number of carbonyl (C=O) groups is 2. The van der Waals surface area contributed by atoms with E-state index < -0.39 is 18.2 Å². The number of nitrogens with zero attached hydrogens (tertiary/aromatic N) is 6. The Hall–Kier alpha value is -8.03. The molecule has 13 nitrogen and oxygen atoms in total. The maximum atomic E-state index is 13.3. The van der Waals surface area contributed by atoms with Crippen LogP contribution in [0.5, 0.6) is 11.5 Å². The highest BCUT2D eigenvalue weighted by Gasteiger charge is 2.33. The predicted molar refractivity (Wildman–Crippen MR) is 327 cm³/mol. The van der Waals surface area contributed by atoms with Gasteiger partial charge in [-0.25, -0.2) is 4.98 Å². The number of aromatic nitrogens is 4. The van der Waals surface area contributed by atoms with Crippen LogP contribution in [0.4, 0.5) is 23.1 Å². The number of carbonyl (C=O) groups excluding carboxylic acids is 2. The molecule has 13 heteroatoms. The summed E-state index contributed by atoms with van der Waals surface area (Å²) in [7, 11) is 3.32. The average Bonchev–Trinajstić information content (AvgIpc) is 3.51. The maximum Gasteiger partial charge on any atom is 0.305 e. The fourth-order valence-electron chi connectivity index (χ4n) is 10.4. The summed E-state index contributed by atoms with van der Waals surface area (Å²) in [6, 6.07) is 56.6. The fraction of sp³-hybridized carbons (Fsp3) is 0.377. The van der Waals surface area contributed by atoms with Crippen molar-refractivity contribution in [2.45, 2.75) is 141 Å². The average molecular weight is 1110 g/mol. The Morgan fingerprint density at radius 3 is 1.28 bits per heavy atom. The standard InChI is InChI=1S/C69H82N6O7/c1-5-7-9-11-13-15-29-39-62(76)80-49-61(50-81-63(77)40-30-16-14-12-10-8-6-2)82-52-73-51-70-64-67(73)71-69(75(58-43-47-60(79-4)48-44-58)66(55-35-25-19-26-36-55)56-37-27-20-28-38-56)72-68(64)74(57-41-45-59(78-3)46-42-57)65(53-31-21-17-22-32-53)54-33-23-18-24-34-54/h17-28,31-38,41-48,51,61,65-66H,5-16,29-30,39-40,49-50,52H2,1-4H3. The molecule has 2 aromatic heterocycles. The zero-order valence-corrected chi connectivity index (χ0v) is 48.5. The van der Waals surface area contributed by atoms with Gasteiger partial charge in [-0.15, -0.1) is 0 Å². The predicted octanol–water partition coefficient (Wildman–Crippen LogP) is 16.4. The van der Waals surface area contributed by atoms with Gasteiger partial charge in [0.05, 0.1) is 32.6 Å². The van der Waals surface area contributed by atoms with E-state index in [2.05, 4.69) is 96.4 Å². The van der Waals surface area contributed by atoms with Crippen LogP contribution >= 0.6 is 0 Å². The Morgan fingerprint density at radius 1 is 0.476 bits per heavy atom. The molecule has 0 saturated carbocycles. The van der Waals surface area contributed by atoms with E-state index in [1.165, 1.54) is 51.4 Å². The van der Waals surface area contributed by atoms with Gasteiger partial charge < -0.3 is 28.6 Å². The van der Waals surface area contributed by atoms with Gasteiger partial charge in [-0.3, -0.25) is 19.1 Å². The summed E-state index contributed by atoms with van der Waals surface area (Å²) < 4.78 is 31.8. The molecule has 0 atom stereocenters. The molecule has 0 bridgehead atoms. The van der Waals surface area contributed by atoms with Crippen molar-refractivity contribution in [2.24, 2.45) is 0 Å². The Bertz CT molecular complexity index is 3000. The number of hydrogen-bond donors (Lipinski definition) is 0. The number of unbranched alkanes of at least 4 members (excludes halogenated alkanes) is 12. The van der Waals surface area contributed by atoms with E-state index in [4.69, 9.17) is 38.6 Å². The summed E-state index contributed by atoms with van der Waals surface area (Å²) in [5.41, 5.74) is 6.67. The minimum absolute atomic E-state index is 0.0750. The summed E-state index contributed by atoms with van der Waals surface area (Å²) in [6.07, 6.45) is 16.8. The monoisotopic (exact) mass is 1110 g/mol. The van der Waals surface area contributed by atoms with Crippen LogP contribution in [-0.2, 0) is 30.5 Å². The number of benzene rings is 6. The van der Waals surface area contributed by atoms with Crippen LogP contribution in [-0.4, -0.2) is 65.0 Å². The Labute approximate surface area is 485 Å². The lowest BCUT2D eigenvalue weighted by atomic mass is 9.96. The molecule has 0 unspecified atom stereocenters. The topological polar surface area (TPSA) is 130 Å². The second-order valence-corrected chi connectivity index (χ2v) is 20.8. The summed E-state index contributed by atoms with van der Waals surface area (Å²) in [5, 5.41) is 0. The van der Waals surface area contributed by atoms with Gasteiger partial charge in [0.1, 0.15) is 37.5 Å². The normalized spacial score (nSPS) is 11.4. The zero-order valence-electron chi connectivity index (χ0n) is 48.5. The van der Waals surface area contributed by atoms with E-state index in [1.807, 2.05) is 102 Å². The number of ether oxygens (including phenoxy) is 5. The van der Waals surface area contributed by atoms with E-state index in [1.54, 1.807) is 20.5 Å². The number of fused-ring (bicyclic) bond motifs is 1. The molecule has 430 valence electrons. The van der Waals surface area contributed by atoms with Gasteiger partial charge in [-0.2, -0.15) is 9.97 Å². The lowest BCUT2D eigenvalue weighted by Gasteiger charge is -2.36. The molecule has 0 aliphatic heterocycles. The van der Waals surface area contributed by atoms with Crippen molar-refractivity contribution >= 4 is 46.2 Å². The van der Waals surface area contributed by atoms with E-state index >= 15 is 0 Å². The molecule has 0 saturated heterocycles. The van der Waals surface area contributed by atoms with E-state index in [-0.39, 0.29) is 31.9 Å². The highest BCUT2D eigenvalue weighted by atomic mass is 16.6. The quantitative estimate of drug-likeness (QED) is 0.0277. The zero-order chi connectivity index (χ0) is 57.1. The third kappa shape index (κ3) is 17.0. The van der Waals surface area contributed by atoms with Crippen LogP contribution in [0.3, 0.4) is 0 Å². The summed E-state index contributed by atoms with van der Waals surface area (Å²) >= 11 is 0. The highest BCUT2D eigenvalue weighted by molar-refractivity contribution is 5.89. The SMILES string of the molecule is CCCCCCCCCC(=O)OCC(COC(=O)CCCCCCCCC)OCn1cnc2c(N(c3ccc(OC)cc3)C(c3ccccc3)c3ccccc3)nc(N(c3ccc(OC)cc3)C(c3ccccc3)c3ccccc3)nc21. The highest BCUT2D eigenvalue weighted by Crippen LogP contribution is 2.45. The van der Waals surface area contributed by atoms with E-state index in [0.717, 1.165) is 72.2 Å². The molecule has 8 rings (SSSR count). The Morgan fingerprint density at radius 2 is 0.866 bits per heavy atom. The molecule has 0 fully saturated rings. The van der Waals surface area contributed by atoms with Crippen LogP contribution < -0.4 is 19.3 Å². The molecule has 0 amide bonds. The number of anilines is 4. The van der Waals surface area contributed by atoms with Gasteiger partial charge >= 0.3 is 11.9 Å². The molecule has 8 aromatic rings. The lowest BCUT2D eigenvalue weighted by molar-refractivity contribution is -0.157. The first kappa shape index (κ1) is 60.1. The third-order valence-electron chi connectivity index (χ3n) is 14.8. The van der Waals surface area contributed by atoms with Crippen molar-refractivity contribution in [3.8, 4) is 11.5 Å². The summed E-state index contributed by atoms with van der Waals surface area (Å²) in [5.74, 6) is 1.70. The third-order valence-corrected chi connectivity index (χ3v) is 14.8. The number of hydrogen-bond acceptors (Lipinski definition) is 12. The molecule has 0 aliphatic rings. The molecule has 0 spiro atoms. The molecule has 0 N–H and O–H groups in total. The van der Waals surface area contributed by atoms with Crippen LogP contribution in [0.25, 0.3) is 11.2 Å². The van der Waals surface area contributed by atoms with Crippen molar-refractivity contribution < 1.29 is 33.3 Å². The molecule has 0 radical (unpaired) electrons. The van der Waals surface area contributed by atoms with Gasteiger partial charge in [0.25, 0.3) is 0 Å². The van der Waals surface area contributed by atoms with Crippen LogP contribution in [0.1, 0.15) is 151 Å². The van der Waals surface area contributed by atoms with Crippen LogP contribution in [0.15, 0.2) is 176 Å². The van der Waals surface area contributed by atoms with Crippen molar-refractivity contribution in [1.82, 2.24) is 19.5 Å². The van der Waals surface area contributed by atoms with Gasteiger partial charge in [-0.1, -0.05) is 212 Å². The first-order valence-corrected chi connectivity index (χ1v) is 29.6. The van der Waals surface area contributed by atoms with Gasteiger partial charge in [-0.05, 0) is 83.6 Å². The molecular weight excluding hydrogens is 1020 g/mol. The second-order valence-electron chi connectivity index (χ2n) is 20.8.